The highest BCUT2D eigenvalue weighted by molar-refractivity contribution is 5.97. The normalized spacial score (nSPS) is 12.7. The number of amides is 2. The molecular formula is C30H32F2N6O5. The molecule has 2 amide bonds. The van der Waals surface area contributed by atoms with Gasteiger partial charge in [-0.3, -0.25) is 19.2 Å². The van der Waals surface area contributed by atoms with Gasteiger partial charge in [-0.05, 0) is 67.6 Å². The Balaban J connectivity index is 1.73. The number of rotatable bonds is 10. The predicted molar refractivity (Wildman–Crippen MR) is 153 cm³/mol. The minimum absolute atomic E-state index is 0.111. The van der Waals surface area contributed by atoms with E-state index in [1.165, 1.54) is 40.5 Å². The van der Waals surface area contributed by atoms with Crippen molar-refractivity contribution >= 4 is 23.4 Å². The Morgan fingerprint density at radius 2 is 1.79 bits per heavy atom. The van der Waals surface area contributed by atoms with Gasteiger partial charge in [-0.2, -0.15) is 5.10 Å². The number of aliphatic carboxylic acids is 1. The molecule has 0 fully saturated rings. The number of aromatic nitrogens is 4. The highest BCUT2D eigenvalue weighted by Gasteiger charge is 2.30. The van der Waals surface area contributed by atoms with Gasteiger partial charge in [0.2, 0.25) is 5.91 Å². The summed E-state index contributed by atoms with van der Waals surface area (Å²) in [6.07, 6.45) is 2.49. The third-order valence-electron chi connectivity index (χ3n) is 6.93. The van der Waals surface area contributed by atoms with Crippen molar-refractivity contribution in [3.8, 4) is 11.1 Å². The van der Waals surface area contributed by atoms with Crippen LogP contribution in [0.5, 0.6) is 0 Å². The first-order chi connectivity index (χ1) is 20.3. The van der Waals surface area contributed by atoms with Crippen molar-refractivity contribution in [1.29, 1.82) is 0 Å². The van der Waals surface area contributed by atoms with Crippen LogP contribution in [-0.4, -0.2) is 48.1 Å². The zero-order chi connectivity index (χ0) is 31.6. The second-order valence-electron chi connectivity index (χ2n) is 10.8. The molecule has 1 aromatic carbocycles. The lowest BCUT2D eigenvalue weighted by Crippen LogP contribution is -2.49. The molecule has 0 saturated carbocycles. The van der Waals surface area contributed by atoms with Gasteiger partial charge in [-0.25, -0.2) is 18.3 Å². The number of carboxylic acids is 1. The van der Waals surface area contributed by atoms with Crippen LogP contribution in [0.15, 0.2) is 47.5 Å². The summed E-state index contributed by atoms with van der Waals surface area (Å²) in [6.45, 7) is 7.05. The Bertz CT molecular complexity index is 1780. The lowest BCUT2D eigenvalue weighted by Gasteiger charge is -2.25. The fourth-order valence-electron chi connectivity index (χ4n) is 4.91. The maximum absolute atomic E-state index is 15.3. The summed E-state index contributed by atoms with van der Waals surface area (Å²) in [5.74, 6) is -5.23. The monoisotopic (exact) mass is 594 g/mol. The number of halogens is 2. The highest BCUT2D eigenvalue weighted by Crippen LogP contribution is 2.33. The molecule has 0 radical (unpaired) electrons. The molecule has 2 atom stereocenters. The van der Waals surface area contributed by atoms with E-state index in [-0.39, 0.29) is 23.5 Å². The second kappa shape index (κ2) is 12.5. The number of carbonyl (C=O) groups excluding carboxylic acids is 2. The maximum atomic E-state index is 15.3. The van der Waals surface area contributed by atoms with Gasteiger partial charge in [-0.15, -0.1) is 0 Å². The highest BCUT2D eigenvalue weighted by atomic mass is 19.2. The molecule has 3 heterocycles. The molecule has 0 bridgehead atoms. The molecule has 0 aliphatic rings. The zero-order valence-corrected chi connectivity index (χ0v) is 24.3. The van der Waals surface area contributed by atoms with E-state index in [2.05, 4.69) is 20.7 Å². The molecule has 13 heteroatoms. The van der Waals surface area contributed by atoms with Crippen LogP contribution in [0, 0.1) is 31.4 Å². The molecule has 4 rings (SSSR count). The predicted octanol–water partition coefficient (Wildman–Crippen LogP) is 3.47. The maximum Gasteiger partial charge on any atom is 0.305 e. The summed E-state index contributed by atoms with van der Waals surface area (Å²) in [4.78, 5) is 55.1. The summed E-state index contributed by atoms with van der Waals surface area (Å²) in [7, 11) is 1.47. The average molecular weight is 595 g/mol. The number of nitrogens with one attached hydrogen (secondary N) is 2. The van der Waals surface area contributed by atoms with Gasteiger partial charge in [0.05, 0.1) is 12.5 Å². The number of pyridine rings is 2. The Morgan fingerprint density at radius 1 is 1.07 bits per heavy atom. The third kappa shape index (κ3) is 6.76. The minimum atomic E-state index is -1.50. The number of carboxylic acid groups (broad SMARTS) is 1. The molecular weight excluding hydrogens is 562 g/mol. The molecule has 0 aliphatic heterocycles. The first kappa shape index (κ1) is 31.0. The van der Waals surface area contributed by atoms with Crippen LogP contribution in [0.25, 0.3) is 16.8 Å². The molecule has 0 unspecified atom stereocenters. The van der Waals surface area contributed by atoms with Gasteiger partial charge in [0, 0.05) is 30.6 Å². The first-order valence-electron chi connectivity index (χ1n) is 13.6. The lowest BCUT2D eigenvalue weighted by atomic mass is 9.94. The van der Waals surface area contributed by atoms with Crippen molar-refractivity contribution in [3.05, 3.63) is 87.2 Å². The van der Waals surface area contributed by atoms with Crippen LogP contribution >= 0.6 is 0 Å². The summed E-state index contributed by atoms with van der Waals surface area (Å²) in [6, 6.07) is 4.10. The fraction of sp³-hybridized carbons (Fsp3) is 0.333. The second-order valence-corrected chi connectivity index (χ2v) is 10.8. The topological polar surface area (TPSA) is 148 Å². The Kier molecular flexibility index (Phi) is 9.02. The quantitative estimate of drug-likeness (QED) is 0.255. The van der Waals surface area contributed by atoms with Crippen molar-refractivity contribution in [2.24, 2.45) is 13.0 Å². The fourth-order valence-corrected chi connectivity index (χ4v) is 4.91. The van der Waals surface area contributed by atoms with Gasteiger partial charge in [0.15, 0.2) is 17.3 Å². The smallest absolute Gasteiger partial charge is 0.305 e. The summed E-state index contributed by atoms with van der Waals surface area (Å²) in [5, 5.41) is 18.9. The standard InChI is InChI=1S/C30H32F2N6O5/c1-15(2)11-23(35-28(41)19-7-6-9-37(5)30(19)43)29(42)34-22(14-24(39)40)20-12-18(13-21(31)26(20)32)25-16(3)8-10-38-27(25)33-17(4)36-38/h6-10,12-13,15,22-23H,11,14H2,1-5H3,(H,34,42)(H,35,41)(H,39,40)/t22-,23-/m0/s1. The molecule has 4 aromatic rings. The first-order valence-corrected chi connectivity index (χ1v) is 13.6. The van der Waals surface area contributed by atoms with Crippen molar-refractivity contribution < 1.29 is 28.3 Å². The van der Waals surface area contributed by atoms with Gasteiger partial charge in [0.1, 0.15) is 17.4 Å². The van der Waals surface area contributed by atoms with Crippen LogP contribution in [-0.2, 0) is 16.6 Å². The molecule has 3 aromatic heterocycles. The summed E-state index contributed by atoms with van der Waals surface area (Å²) >= 11 is 0. The van der Waals surface area contributed by atoms with Crippen molar-refractivity contribution in [2.75, 3.05) is 0 Å². The van der Waals surface area contributed by atoms with Crippen molar-refractivity contribution in [3.63, 3.8) is 0 Å². The van der Waals surface area contributed by atoms with Crippen LogP contribution in [0.2, 0.25) is 0 Å². The molecule has 226 valence electrons. The SMILES string of the molecule is Cc1nc2c(-c3cc(F)c(F)c([C@H](CC(=O)O)NC(=O)[C@H](CC(C)C)NC(=O)c4cccn(C)c4=O)c3)c(C)ccn2n1. The largest absolute Gasteiger partial charge is 0.481 e. The number of hydrogen-bond donors (Lipinski definition) is 3. The molecule has 43 heavy (non-hydrogen) atoms. The number of hydrogen-bond acceptors (Lipinski definition) is 6. The molecule has 3 N–H and O–H groups in total. The van der Waals surface area contributed by atoms with E-state index in [0.29, 0.717) is 22.6 Å². The average Bonchev–Trinajstić information content (AvgIpc) is 3.30. The van der Waals surface area contributed by atoms with Gasteiger partial charge in [-0.1, -0.05) is 13.8 Å². The van der Waals surface area contributed by atoms with Crippen LogP contribution in [0.3, 0.4) is 0 Å². The Morgan fingerprint density at radius 3 is 2.47 bits per heavy atom. The van der Waals surface area contributed by atoms with Gasteiger partial charge in [0.25, 0.3) is 11.5 Å². The van der Waals surface area contributed by atoms with E-state index in [4.69, 9.17) is 0 Å². The van der Waals surface area contributed by atoms with E-state index in [9.17, 15) is 24.3 Å². The number of carbonyl (C=O) groups is 3. The number of aryl methyl sites for hydroxylation is 3. The number of benzene rings is 1. The van der Waals surface area contributed by atoms with E-state index >= 15 is 8.78 Å². The van der Waals surface area contributed by atoms with E-state index < -0.39 is 59.0 Å². The third-order valence-corrected chi connectivity index (χ3v) is 6.93. The van der Waals surface area contributed by atoms with Crippen LogP contribution < -0.4 is 16.2 Å². The molecule has 0 saturated heterocycles. The number of nitrogens with zero attached hydrogens (tertiary/aromatic N) is 4. The summed E-state index contributed by atoms with van der Waals surface area (Å²) < 4.78 is 33.1. The zero-order valence-electron chi connectivity index (χ0n) is 24.3. The minimum Gasteiger partial charge on any atom is -0.481 e. The van der Waals surface area contributed by atoms with Crippen molar-refractivity contribution in [2.45, 2.75) is 52.6 Å². The van der Waals surface area contributed by atoms with Crippen molar-refractivity contribution in [1.82, 2.24) is 29.8 Å². The Hall–Kier alpha value is -4.94. The van der Waals surface area contributed by atoms with E-state index in [0.717, 1.165) is 6.07 Å². The molecule has 11 nitrogen and oxygen atoms in total. The van der Waals surface area contributed by atoms with Crippen LogP contribution in [0.1, 0.15) is 60.0 Å². The lowest BCUT2D eigenvalue weighted by molar-refractivity contribution is -0.137. The van der Waals surface area contributed by atoms with Crippen LogP contribution in [0.4, 0.5) is 8.78 Å². The van der Waals surface area contributed by atoms with Gasteiger partial charge < -0.3 is 20.3 Å². The van der Waals surface area contributed by atoms with Gasteiger partial charge >= 0.3 is 5.97 Å². The Labute approximate surface area is 245 Å². The summed E-state index contributed by atoms with van der Waals surface area (Å²) in [5.41, 5.74) is 0.578. The van der Waals surface area contributed by atoms with E-state index in [1.54, 1.807) is 40.0 Å². The molecule has 0 spiro atoms. The van der Waals surface area contributed by atoms with E-state index in [1.807, 2.05) is 0 Å². The molecule has 0 aliphatic carbocycles. The number of fused-ring (bicyclic) bond motifs is 1.